The minimum atomic E-state index is 0. The van der Waals surface area contributed by atoms with Gasteiger partial charge in [0.2, 0.25) is 0 Å². The van der Waals surface area contributed by atoms with Crippen LogP contribution in [-0.2, 0) is 13.0 Å². The number of thiazole rings is 1. The van der Waals surface area contributed by atoms with Gasteiger partial charge in [-0.25, -0.2) is 4.98 Å². The lowest BCUT2D eigenvalue weighted by molar-refractivity contribution is 0.690. The number of nitrogen functional groups attached to an aromatic ring is 1. The number of fused-ring (bicyclic) bond motifs is 1. The Morgan fingerprint density at radius 1 is 1.42 bits per heavy atom. The first-order valence-electron chi connectivity index (χ1n) is 6.27. The molecule has 0 atom stereocenters. The highest BCUT2D eigenvalue weighted by Gasteiger charge is 2.19. The Balaban J connectivity index is 0.00000133. The number of halogens is 1. The van der Waals surface area contributed by atoms with E-state index >= 15 is 0 Å². The number of anilines is 2. The van der Waals surface area contributed by atoms with Gasteiger partial charge in [-0.3, -0.25) is 0 Å². The lowest BCUT2D eigenvalue weighted by Gasteiger charge is -2.31. The van der Waals surface area contributed by atoms with Gasteiger partial charge in [0, 0.05) is 29.0 Å². The second-order valence-corrected chi connectivity index (χ2v) is 5.70. The number of nitrogens with two attached hydrogens (primary N) is 1. The molecule has 5 heteroatoms. The normalized spacial score (nSPS) is 13.8. The molecule has 102 valence electrons. The molecular weight excluding hydrogens is 278 g/mol. The van der Waals surface area contributed by atoms with Crippen molar-refractivity contribution in [2.45, 2.75) is 26.3 Å². The van der Waals surface area contributed by atoms with Crippen molar-refractivity contribution in [2.75, 3.05) is 17.2 Å². The molecule has 1 aromatic heterocycles. The summed E-state index contributed by atoms with van der Waals surface area (Å²) in [6.07, 6.45) is 2.26. The van der Waals surface area contributed by atoms with Gasteiger partial charge in [-0.1, -0.05) is 6.07 Å². The van der Waals surface area contributed by atoms with Gasteiger partial charge in [0.1, 0.15) is 5.01 Å². The summed E-state index contributed by atoms with van der Waals surface area (Å²) in [4.78, 5) is 6.94. The molecule has 0 fully saturated rings. The molecule has 1 aromatic carbocycles. The fourth-order valence-corrected chi connectivity index (χ4v) is 3.32. The van der Waals surface area contributed by atoms with Gasteiger partial charge in [-0.2, -0.15) is 0 Å². The zero-order chi connectivity index (χ0) is 12.5. The molecule has 1 aliphatic rings. The predicted octanol–water partition coefficient (Wildman–Crippen LogP) is 3.41. The van der Waals surface area contributed by atoms with Crippen LogP contribution in [0.5, 0.6) is 0 Å². The molecule has 0 spiro atoms. The van der Waals surface area contributed by atoms with E-state index in [0.29, 0.717) is 0 Å². The Morgan fingerprint density at radius 3 is 3.00 bits per heavy atom. The van der Waals surface area contributed by atoms with Crippen molar-refractivity contribution in [1.29, 1.82) is 0 Å². The minimum Gasteiger partial charge on any atom is -0.398 e. The molecule has 1 aliphatic heterocycles. The smallest absolute Gasteiger partial charge is 0.112 e. The molecule has 0 amide bonds. The maximum Gasteiger partial charge on any atom is 0.112 e. The lowest BCUT2D eigenvalue weighted by atomic mass is 10.00. The van der Waals surface area contributed by atoms with E-state index in [0.717, 1.165) is 30.9 Å². The number of benzene rings is 1. The topological polar surface area (TPSA) is 42.1 Å². The van der Waals surface area contributed by atoms with E-state index in [4.69, 9.17) is 5.73 Å². The van der Waals surface area contributed by atoms with Crippen LogP contribution >= 0.6 is 23.7 Å². The lowest BCUT2D eigenvalue weighted by Crippen LogP contribution is -2.29. The Bertz CT molecular complexity index is 568. The molecule has 2 N–H and O–H groups in total. The first-order chi connectivity index (χ1) is 8.74. The van der Waals surface area contributed by atoms with Gasteiger partial charge in [-0.15, -0.1) is 23.7 Å². The molecule has 0 radical (unpaired) electrons. The first-order valence-corrected chi connectivity index (χ1v) is 7.15. The molecule has 0 saturated carbocycles. The fraction of sp³-hybridized carbons (Fsp3) is 0.357. The highest BCUT2D eigenvalue weighted by molar-refractivity contribution is 7.09. The van der Waals surface area contributed by atoms with E-state index in [1.807, 2.05) is 19.1 Å². The third-order valence-electron chi connectivity index (χ3n) is 3.38. The van der Waals surface area contributed by atoms with E-state index in [2.05, 4.69) is 21.3 Å². The zero-order valence-corrected chi connectivity index (χ0v) is 12.6. The van der Waals surface area contributed by atoms with Crippen LogP contribution in [0, 0.1) is 6.92 Å². The van der Waals surface area contributed by atoms with Crippen molar-refractivity contribution in [3.8, 4) is 0 Å². The number of nitrogens with zero attached hydrogens (tertiary/aromatic N) is 2. The average Bonchev–Trinajstić information content (AvgIpc) is 2.76. The van der Waals surface area contributed by atoms with Crippen LogP contribution in [0.25, 0.3) is 0 Å². The average molecular weight is 296 g/mol. The Hall–Kier alpha value is -1.26. The van der Waals surface area contributed by atoms with Gasteiger partial charge >= 0.3 is 0 Å². The molecule has 2 heterocycles. The van der Waals surface area contributed by atoms with Crippen molar-refractivity contribution < 1.29 is 0 Å². The van der Waals surface area contributed by atoms with Gasteiger partial charge < -0.3 is 10.6 Å². The number of hydrogen-bond acceptors (Lipinski definition) is 4. The summed E-state index contributed by atoms with van der Waals surface area (Å²) in [7, 11) is 0. The second kappa shape index (κ2) is 5.80. The Labute approximate surface area is 123 Å². The number of aryl methyl sites for hydroxylation is 1. The van der Waals surface area contributed by atoms with Gasteiger partial charge in [0.25, 0.3) is 0 Å². The van der Waals surface area contributed by atoms with E-state index in [9.17, 15) is 0 Å². The van der Waals surface area contributed by atoms with Crippen LogP contribution in [-0.4, -0.2) is 11.5 Å². The number of rotatable bonds is 2. The summed E-state index contributed by atoms with van der Waals surface area (Å²) in [6.45, 7) is 4.03. The maximum absolute atomic E-state index is 6.06. The summed E-state index contributed by atoms with van der Waals surface area (Å²) in [5.74, 6) is 0. The highest BCUT2D eigenvalue weighted by Crippen LogP contribution is 2.32. The zero-order valence-electron chi connectivity index (χ0n) is 10.9. The number of aromatic nitrogens is 1. The van der Waals surface area contributed by atoms with E-state index in [-0.39, 0.29) is 12.4 Å². The van der Waals surface area contributed by atoms with Crippen molar-refractivity contribution in [2.24, 2.45) is 0 Å². The van der Waals surface area contributed by atoms with E-state index in [1.54, 1.807) is 11.3 Å². The third kappa shape index (κ3) is 2.85. The summed E-state index contributed by atoms with van der Waals surface area (Å²) in [5.41, 5.74) is 10.7. The molecule has 3 nitrogen and oxygen atoms in total. The van der Waals surface area contributed by atoms with Crippen molar-refractivity contribution in [3.05, 3.63) is 39.8 Å². The van der Waals surface area contributed by atoms with Gasteiger partial charge in [0.05, 0.1) is 6.54 Å². The van der Waals surface area contributed by atoms with Crippen LogP contribution in [0.1, 0.15) is 22.7 Å². The van der Waals surface area contributed by atoms with Crippen LogP contribution in [0.2, 0.25) is 0 Å². The monoisotopic (exact) mass is 295 g/mol. The Morgan fingerprint density at radius 2 is 2.26 bits per heavy atom. The minimum absolute atomic E-state index is 0. The second-order valence-electron chi connectivity index (χ2n) is 4.75. The fourth-order valence-electron chi connectivity index (χ4n) is 2.53. The quantitative estimate of drug-likeness (QED) is 0.863. The van der Waals surface area contributed by atoms with Gasteiger partial charge in [-0.05, 0) is 37.5 Å². The van der Waals surface area contributed by atoms with Crippen LogP contribution in [0.15, 0.2) is 23.6 Å². The third-order valence-corrected chi connectivity index (χ3v) is 4.33. The molecule has 3 rings (SSSR count). The van der Waals surface area contributed by atoms with Crippen molar-refractivity contribution in [1.82, 2.24) is 4.98 Å². The molecule has 0 aliphatic carbocycles. The first kappa shape index (κ1) is 14.2. The summed E-state index contributed by atoms with van der Waals surface area (Å²) in [5, 5.41) is 3.29. The molecule has 2 aromatic rings. The van der Waals surface area contributed by atoms with Crippen LogP contribution < -0.4 is 10.6 Å². The highest BCUT2D eigenvalue weighted by atomic mass is 35.5. The molecule has 19 heavy (non-hydrogen) atoms. The largest absolute Gasteiger partial charge is 0.398 e. The Kier molecular flexibility index (Phi) is 4.32. The summed E-state index contributed by atoms with van der Waals surface area (Å²) >= 11 is 1.74. The standard InChI is InChI=1S/C14H17N3S.ClH/c1-10-9-18-14(16-10)8-17-7-3-4-11-12(15)5-2-6-13(11)17;/h2,5-6,9H,3-4,7-8,15H2,1H3;1H. The summed E-state index contributed by atoms with van der Waals surface area (Å²) < 4.78 is 0. The maximum atomic E-state index is 6.06. The van der Waals surface area contributed by atoms with Crippen LogP contribution in [0.4, 0.5) is 11.4 Å². The van der Waals surface area contributed by atoms with E-state index in [1.165, 1.54) is 22.7 Å². The molecule has 0 unspecified atom stereocenters. The van der Waals surface area contributed by atoms with Crippen LogP contribution in [0.3, 0.4) is 0 Å². The van der Waals surface area contributed by atoms with Crippen molar-refractivity contribution >= 4 is 35.1 Å². The summed E-state index contributed by atoms with van der Waals surface area (Å²) in [6, 6.07) is 6.21. The predicted molar refractivity (Wildman–Crippen MR) is 84.3 cm³/mol. The molecular formula is C14H18ClN3S. The van der Waals surface area contributed by atoms with Crippen molar-refractivity contribution in [3.63, 3.8) is 0 Å². The SMILES string of the molecule is Cc1csc(CN2CCCc3c(N)cccc32)n1.Cl. The molecule has 0 saturated heterocycles. The van der Waals surface area contributed by atoms with E-state index < -0.39 is 0 Å². The number of hydrogen-bond donors (Lipinski definition) is 1. The molecule has 0 bridgehead atoms. The van der Waals surface area contributed by atoms with Gasteiger partial charge in [0.15, 0.2) is 0 Å².